The van der Waals surface area contributed by atoms with E-state index in [0.29, 0.717) is 13.2 Å². The Bertz CT molecular complexity index is 495. The van der Waals surface area contributed by atoms with E-state index in [1.165, 1.54) is 0 Å². The van der Waals surface area contributed by atoms with Gasteiger partial charge in [-0.1, -0.05) is 63.2 Å². The molecule has 0 fully saturated rings. The lowest BCUT2D eigenvalue weighted by Crippen LogP contribution is -2.04. The molecule has 0 amide bonds. The molecule has 1 aromatic carbocycles. The topological polar surface area (TPSA) is 57.0 Å². The Balaban J connectivity index is 0.000000921. The van der Waals surface area contributed by atoms with Crippen molar-refractivity contribution in [2.45, 2.75) is 41.2 Å². The third kappa shape index (κ3) is 6.70. The number of ether oxygens (including phenoxy) is 1. The summed E-state index contributed by atoms with van der Waals surface area (Å²) >= 11 is 0. The molecule has 0 bridgehead atoms. The Kier molecular flexibility index (Phi) is 10.4. The van der Waals surface area contributed by atoms with Crippen molar-refractivity contribution in [3.05, 3.63) is 47.8 Å². The smallest absolute Gasteiger partial charge is 0.360 e. The Hall–Kier alpha value is -2.17. The number of esters is 1. The predicted molar refractivity (Wildman–Crippen MR) is 84.2 cm³/mol. The molecule has 2 rings (SSSR count). The van der Waals surface area contributed by atoms with Crippen molar-refractivity contribution < 1.29 is 9.53 Å². The second-order valence-electron chi connectivity index (χ2n) is 3.51. The molecule has 116 valence electrons. The Morgan fingerprint density at radius 2 is 1.76 bits per heavy atom. The highest BCUT2D eigenvalue weighted by Crippen LogP contribution is 2.03. The van der Waals surface area contributed by atoms with Gasteiger partial charge in [-0.25, -0.2) is 9.48 Å². The van der Waals surface area contributed by atoms with Crippen LogP contribution < -0.4 is 0 Å². The van der Waals surface area contributed by atoms with Gasteiger partial charge in [-0.15, -0.1) is 5.10 Å². The van der Waals surface area contributed by atoms with Crippen LogP contribution in [0.15, 0.2) is 36.5 Å². The average molecular weight is 291 g/mol. The Morgan fingerprint density at radius 1 is 1.14 bits per heavy atom. The second kappa shape index (κ2) is 11.6. The third-order valence-electron chi connectivity index (χ3n) is 2.21. The van der Waals surface area contributed by atoms with Crippen LogP contribution in [0.3, 0.4) is 0 Å². The second-order valence-corrected chi connectivity index (χ2v) is 3.51. The Labute approximate surface area is 126 Å². The lowest BCUT2D eigenvalue weighted by Gasteiger charge is -1.99. The zero-order valence-electron chi connectivity index (χ0n) is 13.5. The van der Waals surface area contributed by atoms with E-state index in [-0.39, 0.29) is 5.69 Å². The van der Waals surface area contributed by atoms with Gasteiger partial charge in [0.1, 0.15) is 0 Å². The van der Waals surface area contributed by atoms with Gasteiger partial charge >= 0.3 is 5.97 Å². The number of rotatable bonds is 4. The van der Waals surface area contributed by atoms with Gasteiger partial charge < -0.3 is 4.74 Å². The minimum atomic E-state index is -0.438. The zero-order chi connectivity index (χ0) is 16.1. The van der Waals surface area contributed by atoms with Gasteiger partial charge in [0.05, 0.1) is 19.3 Å². The summed E-state index contributed by atoms with van der Waals surface area (Å²) in [7, 11) is 0. The van der Waals surface area contributed by atoms with Gasteiger partial charge in [-0.3, -0.25) is 0 Å². The highest BCUT2D eigenvalue weighted by molar-refractivity contribution is 5.86. The van der Waals surface area contributed by atoms with Crippen molar-refractivity contribution in [1.82, 2.24) is 15.0 Å². The van der Waals surface area contributed by atoms with Crippen molar-refractivity contribution >= 4 is 5.97 Å². The van der Waals surface area contributed by atoms with E-state index >= 15 is 0 Å². The standard InChI is InChI=1S/C12H13N3O2.2C2H6/c1-2-17-12(16)11-9-15(14-13-11)8-10-6-4-3-5-7-10;2*1-2/h3-7,9H,2,8H2,1H3;2*1-2H3. The molecular formula is C16H25N3O2. The molecule has 1 aromatic heterocycles. The average Bonchev–Trinajstić information content (AvgIpc) is 3.01. The van der Waals surface area contributed by atoms with Crippen molar-refractivity contribution in [1.29, 1.82) is 0 Å². The molecule has 0 N–H and O–H groups in total. The summed E-state index contributed by atoms with van der Waals surface area (Å²) in [6.45, 7) is 10.7. The molecule has 0 aliphatic rings. The number of nitrogens with zero attached hydrogens (tertiary/aromatic N) is 3. The molecule has 0 aliphatic heterocycles. The van der Waals surface area contributed by atoms with Gasteiger partial charge in [0.25, 0.3) is 0 Å². The van der Waals surface area contributed by atoms with E-state index in [1.54, 1.807) is 17.8 Å². The summed E-state index contributed by atoms with van der Waals surface area (Å²) in [5.74, 6) is -0.438. The van der Waals surface area contributed by atoms with E-state index in [9.17, 15) is 4.79 Å². The molecule has 0 saturated heterocycles. The lowest BCUT2D eigenvalue weighted by atomic mass is 10.2. The van der Waals surface area contributed by atoms with Crippen LogP contribution in [0.4, 0.5) is 0 Å². The summed E-state index contributed by atoms with van der Waals surface area (Å²) in [6, 6.07) is 9.85. The first-order valence-electron chi connectivity index (χ1n) is 7.40. The van der Waals surface area contributed by atoms with E-state index in [2.05, 4.69) is 10.3 Å². The number of carbonyl (C=O) groups is 1. The van der Waals surface area contributed by atoms with Crippen LogP contribution in [0.5, 0.6) is 0 Å². The Morgan fingerprint density at radius 3 is 2.33 bits per heavy atom. The maximum atomic E-state index is 11.4. The van der Waals surface area contributed by atoms with Crippen LogP contribution in [0.1, 0.15) is 50.7 Å². The molecule has 0 spiro atoms. The number of hydrogen-bond acceptors (Lipinski definition) is 4. The fraction of sp³-hybridized carbons (Fsp3) is 0.438. The number of carbonyl (C=O) groups excluding carboxylic acids is 1. The first-order chi connectivity index (χ1) is 10.3. The largest absolute Gasteiger partial charge is 0.461 e. The van der Waals surface area contributed by atoms with Crippen LogP contribution in [0.2, 0.25) is 0 Å². The van der Waals surface area contributed by atoms with Crippen LogP contribution >= 0.6 is 0 Å². The fourth-order valence-corrected chi connectivity index (χ4v) is 1.44. The molecule has 5 nitrogen and oxygen atoms in total. The minimum Gasteiger partial charge on any atom is -0.461 e. The highest BCUT2D eigenvalue weighted by atomic mass is 16.5. The van der Waals surface area contributed by atoms with E-state index < -0.39 is 5.97 Å². The van der Waals surface area contributed by atoms with Gasteiger partial charge in [-0.2, -0.15) is 0 Å². The summed E-state index contributed by atoms with van der Waals surface area (Å²) in [5.41, 5.74) is 1.34. The summed E-state index contributed by atoms with van der Waals surface area (Å²) in [5, 5.41) is 7.65. The molecule has 0 saturated carbocycles. The normalized spacial score (nSPS) is 8.81. The lowest BCUT2D eigenvalue weighted by molar-refractivity contribution is 0.0519. The number of hydrogen-bond donors (Lipinski definition) is 0. The first-order valence-corrected chi connectivity index (χ1v) is 7.40. The minimum absolute atomic E-state index is 0.239. The van der Waals surface area contributed by atoms with Crippen molar-refractivity contribution in [2.24, 2.45) is 0 Å². The molecule has 0 radical (unpaired) electrons. The summed E-state index contributed by atoms with van der Waals surface area (Å²) in [6.07, 6.45) is 1.59. The SMILES string of the molecule is CC.CC.CCOC(=O)c1cn(Cc2ccccc2)nn1. The van der Waals surface area contributed by atoms with Gasteiger partial charge in [0, 0.05) is 0 Å². The summed E-state index contributed by atoms with van der Waals surface area (Å²) in [4.78, 5) is 11.4. The molecule has 2 aromatic rings. The molecule has 0 atom stereocenters. The third-order valence-corrected chi connectivity index (χ3v) is 2.21. The van der Waals surface area contributed by atoms with Crippen LogP contribution in [0, 0.1) is 0 Å². The van der Waals surface area contributed by atoms with E-state index in [4.69, 9.17) is 4.74 Å². The van der Waals surface area contributed by atoms with Crippen LogP contribution in [-0.2, 0) is 11.3 Å². The van der Waals surface area contributed by atoms with Crippen LogP contribution in [-0.4, -0.2) is 27.6 Å². The van der Waals surface area contributed by atoms with Gasteiger partial charge in [0.2, 0.25) is 0 Å². The quantitative estimate of drug-likeness (QED) is 0.808. The zero-order valence-corrected chi connectivity index (χ0v) is 13.5. The summed E-state index contributed by atoms with van der Waals surface area (Å²) < 4.78 is 6.45. The van der Waals surface area contributed by atoms with E-state index in [0.717, 1.165) is 5.56 Å². The number of aromatic nitrogens is 3. The molecule has 0 aliphatic carbocycles. The van der Waals surface area contributed by atoms with E-state index in [1.807, 2.05) is 58.0 Å². The van der Waals surface area contributed by atoms with Gasteiger partial charge in [-0.05, 0) is 12.5 Å². The van der Waals surface area contributed by atoms with Crippen molar-refractivity contribution in [2.75, 3.05) is 6.61 Å². The predicted octanol–water partition coefficient (Wildman–Crippen LogP) is 3.56. The van der Waals surface area contributed by atoms with Crippen LogP contribution in [0.25, 0.3) is 0 Å². The van der Waals surface area contributed by atoms with Crippen molar-refractivity contribution in [3.63, 3.8) is 0 Å². The first kappa shape index (κ1) is 18.8. The maximum Gasteiger partial charge on any atom is 0.360 e. The number of benzene rings is 1. The fourth-order valence-electron chi connectivity index (χ4n) is 1.44. The molecule has 21 heavy (non-hydrogen) atoms. The van der Waals surface area contributed by atoms with Gasteiger partial charge in [0.15, 0.2) is 5.69 Å². The molecule has 5 heteroatoms. The maximum absolute atomic E-state index is 11.4. The molecular weight excluding hydrogens is 266 g/mol. The monoisotopic (exact) mass is 291 g/mol. The van der Waals surface area contributed by atoms with Crippen molar-refractivity contribution in [3.8, 4) is 0 Å². The molecule has 0 unspecified atom stereocenters. The highest BCUT2D eigenvalue weighted by Gasteiger charge is 2.11. The molecule has 1 heterocycles.